The molecule has 6 heteroatoms. The third-order valence-electron chi connectivity index (χ3n) is 4.09. The summed E-state index contributed by atoms with van der Waals surface area (Å²) < 4.78 is 14.7. The fourth-order valence-corrected chi connectivity index (χ4v) is 3.30. The molecule has 1 unspecified atom stereocenters. The van der Waals surface area contributed by atoms with Crippen LogP contribution in [-0.4, -0.2) is 23.8 Å². The van der Waals surface area contributed by atoms with E-state index in [-0.39, 0.29) is 30.6 Å². The lowest BCUT2D eigenvalue weighted by Crippen LogP contribution is -2.36. The second-order valence-electron chi connectivity index (χ2n) is 5.82. The maximum atomic E-state index is 13.9. The molecule has 0 saturated carbocycles. The molecule has 1 atom stereocenters. The number of para-hydroxylation sites is 1. The molecule has 1 aliphatic heterocycles. The lowest BCUT2D eigenvalue weighted by molar-refractivity contribution is -0.134. The number of carbonyl (C=O) groups excluding carboxylic acids is 2. The second kappa shape index (κ2) is 6.73. The molecule has 2 amide bonds. The number of likely N-dealkylation sites (N-methyl/N-ethyl adjacent to an activating group) is 1. The summed E-state index contributed by atoms with van der Waals surface area (Å²) in [6.45, 7) is 0.143. The Balaban J connectivity index is 1.83. The highest BCUT2D eigenvalue weighted by Gasteiger charge is 2.32. The van der Waals surface area contributed by atoms with E-state index in [1.807, 2.05) is 18.2 Å². The molecular formula is C18H16BrFN2O2. The van der Waals surface area contributed by atoms with Crippen molar-refractivity contribution < 1.29 is 14.0 Å². The molecule has 124 valence electrons. The Morgan fingerprint density at radius 2 is 2.08 bits per heavy atom. The van der Waals surface area contributed by atoms with Gasteiger partial charge in [0, 0.05) is 35.7 Å². The molecule has 2 aromatic rings. The van der Waals surface area contributed by atoms with E-state index >= 15 is 0 Å². The normalized spacial score (nSPS) is 16.3. The largest absolute Gasteiger partial charge is 0.341 e. The number of amides is 2. The minimum Gasteiger partial charge on any atom is -0.341 e. The van der Waals surface area contributed by atoms with Gasteiger partial charge in [0.2, 0.25) is 11.8 Å². The molecule has 4 nitrogen and oxygen atoms in total. The van der Waals surface area contributed by atoms with E-state index in [2.05, 4.69) is 21.2 Å². The molecule has 0 spiro atoms. The summed E-state index contributed by atoms with van der Waals surface area (Å²) in [6, 6.07) is 11.9. The summed E-state index contributed by atoms with van der Waals surface area (Å²) in [6.07, 6.45) is 0.0984. The Morgan fingerprint density at radius 1 is 1.33 bits per heavy atom. The molecule has 1 aliphatic rings. The van der Waals surface area contributed by atoms with Gasteiger partial charge in [-0.1, -0.05) is 34.1 Å². The van der Waals surface area contributed by atoms with Crippen LogP contribution in [0.2, 0.25) is 0 Å². The molecule has 3 rings (SSSR count). The number of nitrogens with one attached hydrogen (secondary N) is 1. The Labute approximate surface area is 147 Å². The molecule has 0 radical (unpaired) electrons. The fourth-order valence-electron chi connectivity index (χ4n) is 2.90. The first-order valence-corrected chi connectivity index (χ1v) is 8.32. The Morgan fingerprint density at radius 3 is 2.88 bits per heavy atom. The molecule has 0 fully saturated rings. The number of carbonyl (C=O) groups is 2. The summed E-state index contributed by atoms with van der Waals surface area (Å²) in [4.78, 5) is 26.2. The van der Waals surface area contributed by atoms with Gasteiger partial charge in [-0.15, -0.1) is 0 Å². The third-order valence-corrected chi connectivity index (χ3v) is 4.58. The van der Waals surface area contributed by atoms with Crippen LogP contribution in [0.4, 0.5) is 10.1 Å². The fraction of sp³-hybridized carbons (Fsp3) is 0.222. The molecule has 2 aromatic carbocycles. The lowest BCUT2D eigenvalue weighted by Gasteiger charge is -2.28. The maximum absolute atomic E-state index is 13.9. The zero-order chi connectivity index (χ0) is 17.3. The summed E-state index contributed by atoms with van der Waals surface area (Å²) in [5, 5.41) is 2.77. The lowest BCUT2D eigenvalue weighted by atomic mass is 9.89. The van der Waals surface area contributed by atoms with Gasteiger partial charge in [-0.2, -0.15) is 0 Å². The van der Waals surface area contributed by atoms with Crippen LogP contribution in [0.15, 0.2) is 46.9 Å². The standard InChI is InChI=1S/C18H16BrFN2O2/c1-22(10-11-8-12(19)6-7-15(11)20)18(24)14-9-17(23)21-16-5-3-2-4-13(14)16/h2-8,14H,9-10H2,1H3,(H,21,23). The first-order valence-electron chi connectivity index (χ1n) is 7.53. The van der Waals surface area contributed by atoms with Crippen LogP contribution < -0.4 is 5.32 Å². The number of anilines is 1. The van der Waals surface area contributed by atoms with Crippen molar-refractivity contribution in [2.24, 2.45) is 0 Å². The summed E-state index contributed by atoms with van der Waals surface area (Å²) >= 11 is 3.31. The van der Waals surface area contributed by atoms with E-state index in [0.29, 0.717) is 11.3 Å². The van der Waals surface area contributed by atoms with Gasteiger partial charge in [-0.05, 0) is 29.8 Å². The highest BCUT2D eigenvalue weighted by Crippen LogP contribution is 2.33. The van der Waals surface area contributed by atoms with Crippen LogP contribution in [0.5, 0.6) is 0 Å². The Bertz CT molecular complexity index is 809. The van der Waals surface area contributed by atoms with Crippen molar-refractivity contribution in [3.63, 3.8) is 0 Å². The van der Waals surface area contributed by atoms with Crippen molar-refractivity contribution in [3.8, 4) is 0 Å². The van der Waals surface area contributed by atoms with Crippen molar-refractivity contribution in [1.82, 2.24) is 4.90 Å². The number of nitrogens with zero attached hydrogens (tertiary/aromatic N) is 1. The van der Waals surface area contributed by atoms with Crippen LogP contribution in [0.1, 0.15) is 23.5 Å². The van der Waals surface area contributed by atoms with Crippen LogP contribution in [-0.2, 0) is 16.1 Å². The van der Waals surface area contributed by atoms with Gasteiger partial charge >= 0.3 is 0 Å². The second-order valence-corrected chi connectivity index (χ2v) is 6.74. The van der Waals surface area contributed by atoms with Gasteiger partial charge in [0.15, 0.2) is 0 Å². The average Bonchev–Trinajstić information content (AvgIpc) is 2.56. The Hall–Kier alpha value is -2.21. The predicted molar refractivity (Wildman–Crippen MR) is 93.0 cm³/mol. The van der Waals surface area contributed by atoms with Crippen LogP contribution in [0.3, 0.4) is 0 Å². The molecule has 24 heavy (non-hydrogen) atoms. The molecule has 0 aliphatic carbocycles. The molecule has 1 heterocycles. The topological polar surface area (TPSA) is 49.4 Å². The zero-order valence-corrected chi connectivity index (χ0v) is 14.6. The van der Waals surface area contributed by atoms with E-state index < -0.39 is 5.92 Å². The van der Waals surface area contributed by atoms with Crippen LogP contribution in [0.25, 0.3) is 0 Å². The van der Waals surface area contributed by atoms with Gasteiger partial charge in [0.1, 0.15) is 5.82 Å². The van der Waals surface area contributed by atoms with E-state index in [4.69, 9.17) is 0 Å². The maximum Gasteiger partial charge on any atom is 0.230 e. The molecule has 1 N–H and O–H groups in total. The van der Waals surface area contributed by atoms with E-state index in [9.17, 15) is 14.0 Å². The highest BCUT2D eigenvalue weighted by molar-refractivity contribution is 9.10. The quantitative estimate of drug-likeness (QED) is 0.868. The monoisotopic (exact) mass is 390 g/mol. The van der Waals surface area contributed by atoms with E-state index in [1.165, 1.54) is 11.0 Å². The first kappa shape index (κ1) is 16.6. The minimum atomic E-state index is -0.546. The van der Waals surface area contributed by atoms with Crippen molar-refractivity contribution in [1.29, 1.82) is 0 Å². The third kappa shape index (κ3) is 3.33. The predicted octanol–water partition coefficient (Wildman–Crippen LogP) is 3.67. The zero-order valence-electron chi connectivity index (χ0n) is 13.1. The number of halogens is 2. The number of hydrogen-bond acceptors (Lipinski definition) is 2. The summed E-state index contributed by atoms with van der Waals surface area (Å²) in [5.41, 5.74) is 1.88. The van der Waals surface area contributed by atoms with Gasteiger partial charge in [-0.3, -0.25) is 9.59 Å². The molecule has 0 saturated heterocycles. The van der Waals surface area contributed by atoms with Gasteiger partial charge in [-0.25, -0.2) is 4.39 Å². The number of hydrogen-bond donors (Lipinski definition) is 1. The molecule has 0 bridgehead atoms. The minimum absolute atomic E-state index is 0.0984. The van der Waals surface area contributed by atoms with Crippen molar-refractivity contribution >= 4 is 33.4 Å². The SMILES string of the molecule is CN(Cc1cc(Br)ccc1F)C(=O)C1CC(=O)Nc2ccccc21. The number of benzene rings is 2. The van der Waals surface area contributed by atoms with Gasteiger partial charge in [0.05, 0.1) is 5.92 Å². The van der Waals surface area contributed by atoms with Crippen LogP contribution in [0, 0.1) is 5.82 Å². The smallest absolute Gasteiger partial charge is 0.230 e. The first-order chi connectivity index (χ1) is 11.5. The Kier molecular flexibility index (Phi) is 4.66. The van der Waals surface area contributed by atoms with Crippen molar-refractivity contribution in [2.75, 3.05) is 12.4 Å². The van der Waals surface area contributed by atoms with E-state index in [0.717, 1.165) is 10.0 Å². The van der Waals surface area contributed by atoms with Crippen molar-refractivity contribution in [2.45, 2.75) is 18.9 Å². The number of fused-ring (bicyclic) bond motifs is 1. The summed E-state index contributed by atoms with van der Waals surface area (Å²) in [7, 11) is 1.62. The van der Waals surface area contributed by atoms with Gasteiger partial charge in [0.25, 0.3) is 0 Å². The van der Waals surface area contributed by atoms with Crippen LogP contribution >= 0.6 is 15.9 Å². The average molecular weight is 391 g/mol. The summed E-state index contributed by atoms with van der Waals surface area (Å²) in [5.74, 6) is -1.29. The van der Waals surface area contributed by atoms with Gasteiger partial charge < -0.3 is 10.2 Å². The van der Waals surface area contributed by atoms with Crippen molar-refractivity contribution in [3.05, 3.63) is 63.9 Å². The van der Waals surface area contributed by atoms with E-state index in [1.54, 1.807) is 25.2 Å². The number of rotatable bonds is 3. The highest BCUT2D eigenvalue weighted by atomic mass is 79.9. The molecular weight excluding hydrogens is 375 g/mol. The molecule has 0 aromatic heterocycles.